The SMILES string of the molecule is CSCC[C@H](NC(=O)c1ccc(Cl)cc1)C(=O)O[C@@H](C)C(=O)NC(N)=O. The van der Waals surface area contributed by atoms with Gasteiger partial charge in [0.05, 0.1) is 0 Å². The summed E-state index contributed by atoms with van der Waals surface area (Å²) in [5, 5.41) is 4.88. The molecule has 1 rings (SSSR count). The second kappa shape index (κ2) is 10.7. The molecule has 8 nitrogen and oxygen atoms in total. The number of imide groups is 1. The molecule has 142 valence electrons. The minimum absolute atomic E-state index is 0.309. The van der Waals surface area contributed by atoms with Gasteiger partial charge in [0.25, 0.3) is 11.8 Å². The summed E-state index contributed by atoms with van der Waals surface area (Å²) >= 11 is 7.27. The van der Waals surface area contributed by atoms with E-state index in [0.29, 0.717) is 22.8 Å². The molecule has 0 aliphatic carbocycles. The number of urea groups is 1. The highest BCUT2D eigenvalue weighted by molar-refractivity contribution is 7.98. The molecule has 4 N–H and O–H groups in total. The van der Waals surface area contributed by atoms with E-state index in [9.17, 15) is 19.2 Å². The van der Waals surface area contributed by atoms with Gasteiger partial charge in [-0.15, -0.1) is 0 Å². The van der Waals surface area contributed by atoms with Crippen LogP contribution in [0.25, 0.3) is 0 Å². The van der Waals surface area contributed by atoms with Crippen LogP contribution in [0, 0.1) is 0 Å². The lowest BCUT2D eigenvalue weighted by atomic mass is 10.1. The highest BCUT2D eigenvalue weighted by atomic mass is 35.5. The van der Waals surface area contributed by atoms with Crippen LogP contribution in [0.3, 0.4) is 0 Å². The first-order chi connectivity index (χ1) is 12.2. The molecule has 0 aliphatic heterocycles. The van der Waals surface area contributed by atoms with Crippen LogP contribution in [0.5, 0.6) is 0 Å². The van der Waals surface area contributed by atoms with E-state index in [1.807, 2.05) is 11.6 Å². The zero-order valence-electron chi connectivity index (χ0n) is 14.3. The molecular formula is C16H20ClN3O5S. The molecule has 0 unspecified atom stereocenters. The van der Waals surface area contributed by atoms with Crippen molar-refractivity contribution in [1.29, 1.82) is 0 Å². The number of primary amides is 1. The number of amides is 4. The van der Waals surface area contributed by atoms with E-state index >= 15 is 0 Å². The minimum Gasteiger partial charge on any atom is -0.451 e. The van der Waals surface area contributed by atoms with E-state index in [4.69, 9.17) is 22.1 Å². The minimum atomic E-state index is -1.24. The third-order valence-corrected chi connectivity index (χ3v) is 4.11. The van der Waals surface area contributed by atoms with Gasteiger partial charge in [0.15, 0.2) is 6.10 Å². The van der Waals surface area contributed by atoms with Crippen molar-refractivity contribution >= 4 is 47.2 Å². The molecule has 1 aromatic carbocycles. The largest absolute Gasteiger partial charge is 0.451 e. The van der Waals surface area contributed by atoms with Crippen molar-refractivity contribution in [3.63, 3.8) is 0 Å². The van der Waals surface area contributed by atoms with Gasteiger partial charge in [-0.25, -0.2) is 9.59 Å². The van der Waals surface area contributed by atoms with Gasteiger partial charge >= 0.3 is 12.0 Å². The van der Waals surface area contributed by atoms with Gasteiger partial charge in [0.2, 0.25) is 0 Å². The van der Waals surface area contributed by atoms with E-state index in [2.05, 4.69) is 5.32 Å². The van der Waals surface area contributed by atoms with Crippen LogP contribution in [0.15, 0.2) is 24.3 Å². The maximum atomic E-state index is 12.3. The lowest BCUT2D eigenvalue weighted by molar-refractivity contribution is -0.156. The number of nitrogens with one attached hydrogen (secondary N) is 2. The molecular weight excluding hydrogens is 382 g/mol. The summed E-state index contributed by atoms with van der Waals surface area (Å²) in [5.41, 5.74) is 5.18. The molecule has 0 aromatic heterocycles. The quantitative estimate of drug-likeness (QED) is 0.563. The summed E-state index contributed by atoms with van der Waals surface area (Å²) in [5.74, 6) is -1.52. The zero-order valence-corrected chi connectivity index (χ0v) is 15.9. The number of ether oxygens (including phenoxy) is 1. The Morgan fingerprint density at radius 2 is 1.85 bits per heavy atom. The molecule has 0 heterocycles. The average molecular weight is 402 g/mol. The summed E-state index contributed by atoms with van der Waals surface area (Å²) in [6, 6.07) is 4.17. The number of hydrogen-bond donors (Lipinski definition) is 3. The van der Waals surface area contributed by atoms with Crippen molar-refractivity contribution in [2.75, 3.05) is 12.0 Å². The summed E-state index contributed by atoms with van der Waals surface area (Å²) in [6.07, 6.45) is 0.926. The first-order valence-electron chi connectivity index (χ1n) is 7.60. The molecule has 1 aromatic rings. The smallest absolute Gasteiger partial charge is 0.329 e. The van der Waals surface area contributed by atoms with Gasteiger partial charge in [-0.2, -0.15) is 11.8 Å². The van der Waals surface area contributed by atoms with Crippen molar-refractivity contribution in [3.05, 3.63) is 34.9 Å². The molecule has 10 heteroatoms. The van der Waals surface area contributed by atoms with Crippen molar-refractivity contribution < 1.29 is 23.9 Å². The predicted molar refractivity (Wildman–Crippen MR) is 99.0 cm³/mol. The Morgan fingerprint density at radius 3 is 2.38 bits per heavy atom. The lowest BCUT2D eigenvalue weighted by Crippen LogP contribution is -2.47. The molecule has 0 bridgehead atoms. The number of thioether (sulfide) groups is 1. The number of carbonyl (C=O) groups excluding carboxylic acids is 4. The Hall–Kier alpha value is -2.26. The van der Waals surface area contributed by atoms with Gasteiger partial charge in [-0.05, 0) is 49.6 Å². The molecule has 0 saturated carbocycles. The fourth-order valence-electron chi connectivity index (χ4n) is 1.86. The second-order valence-corrected chi connectivity index (χ2v) is 6.67. The van der Waals surface area contributed by atoms with Gasteiger partial charge in [-0.1, -0.05) is 11.6 Å². The normalized spacial score (nSPS) is 12.6. The molecule has 26 heavy (non-hydrogen) atoms. The van der Waals surface area contributed by atoms with Crippen LogP contribution in [0.2, 0.25) is 5.02 Å². The summed E-state index contributed by atoms with van der Waals surface area (Å²) in [4.78, 5) is 46.9. The van der Waals surface area contributed by atoms with Crippen molar-refractivity contribution in [1.82, 2.24) is 10.6 Å². The number of benzene rings is 1. The second-order valence-electron chi connectivity index (χ2n) is 5.25. The molecule has 0 saturated heterocycles. The van der Waals surface area contributed by atoms with E-state index < -0.39 is 36.0 Å². The first-order valence-corrected chi connectivity index (χ1v) is 9.38. The van der Waals surface area contributed by atoms with Crippen LogP contribution in [0.4, 0.5) is 4.79 Å². The fraction of sp³-hybridized carbons (Fsp3) is 0.375. The molecule has 0 aliphatic rings. The van der Waals surface area contributed by atoms with Crippen LogP contribution < -0.4 is 16.4 Å². The number of carbonyl (C=O) groups is 4. The van der Waals surface area contributed by atoms with Crippen LogP contribution in [-0.2, 0) is 14.3 Å². The van der Waals surface area contributed by atoms with Crippen LogP contribution in [-0.4, -0.2) is 48.0 Å². The molecule has 0 radical (unpaired) electrons. The maximum Gasteiger partial charge on any atom is 0.329 e. The Bertz CT molecular complexity index is 668. The van der Waals surface area contributed by atoms with Gasteiger partial charge < -0.3 is 15.8 Å². The highest BCUT2D eigenvalue weighted by Gasteiger charge is 2.27. The topological polar surface area (TPSA) is 128 Å². The number of hydrogen-bond acceptors (Lipinski definition) is 6. The van der Waals surface area contributed by atoms with Crippen molar-refractivity contribution in [2.24, 2.45) is 5.73 Å². The summed E-state index contributed by atoms with van der Waals surface area (Å²) < 4.78 is 5.02. The zero-order chi connectivity index (χ0) is 19.7. The third-order valence-electron chi connectivity index (χ3n) is 3.22. The first kappa shape index (κ1) is 21.8. The summed E-state index contributed by atoms with van der Waals surface area (Å²) in [6.45, 7) is 1.29. The monoisotopic (exact) mass is 401 g/mol. The predicted octanol–water partition coefficient (Wildman–Crippen LogP) is 1.32. The average Bonchev–Trinajstić information content (AvgIpc) is 2.58. The Kier molecular flexibility index (Phi) is 8.94. The van der Waals surface area contributed by atoms with Gasteiger partial charge in [0, 0.05) is 10.6 Å². The number of nitrogens with two attached hydrogens (primary N) is 1. The summed E-state index contributed by atoms with van der Waals surface area (Å²) in [7, 11) is 0. The lowest BCUT2D eigenvalue weighted by Gasteiger charge is -2.20. The maximum absolute atomic E-state index is 12.3. The van der Waals surface area contributed by atoms with Crippen molar-refractivity contribution in [3.8, 4) is 0 Å². The number of esters is 1. The van der Waals surface area contributed by atoms with Gasteiger partial charge in [-0.3, -0.25) is 14.9 Å². The van der Waals surface area contributed by atoms with E-state index in [-0.39, 0.29) is 0 Å². The molecule has 4 amide bonds. The van der Waals surface area contributed by atoms with Crippen molar-refractivity contribution in [2.45, 2.75) is 25.5 Å². The van der Waals surface area contributed by atoms with E-state index in [0.717, 1.165) is 0 Å². The standard InChI is InChI=1S/C16H20ClN3O5S/c1-9(13(21)20-16(18)24)25-15(23)12(7-8-26-2)19-14(22)10-3-5-11(17)6-4-10/h3-6,9,12H,7-8H2,1-2H3,(H,19,22)(H3,18,20,21,24)/t9-,12-/m0/s1. The fourth-order valence-corrected chi connectivity index (χ4v) is 2.46. The number of halogens is 1. The van der Waals surface area contributed by atoms with E-state index in [1.54, 1.807) is 12.1 Å². The van der Waals surface area contributed by atoms with Crippen LogP contribution >= 0.6 is 23.4 Å². The van der Waals surface area contributed by atoms with E-state index in [1.165, 1.54) is 30.8 Å². The Labute approximate surface area is 160 Å². The van der Waals surface area contributed by atoms with Gasteiger partial charge in [0.1, 0.15) is 6.04 Å². The van der Waals surface area contributed by atoms with Crippen LogP contribution in [0.1, 0.15) is 23.7 Å². The molecule has 0 spiro atoms. The number of rotatable bonds is 8. The highest BCUT2D eigenvalue weighted by Crippen LogP contribution is 2.11. The Morgan fingerprint density at radius 1 is 1.23 bits per heavy atom. The molecule has 2 atom stereocenters. The Balaban J connectivity index is 2.76. The molecule has 0 fully saturated rings. The third kappa shape index (κ3) is 7.32.